The third-order valence-corrected chi connectivity index (χ3v) is 3.43. The summed E-state index contributed by atoms with van der Waals surface area (Å²) >= 11 is 0. The van der Waals surface area contributed by atoms with Crippen molar-refractivity contribution in [2.45, 2.75) is 19.8 Å². The second kappa shape index (κ2) is 5.97. The number of nitrogens with one attached hydrogen (secondary N) is 1. The van der Waals surface area contributed by atoms with Crippen LogP contribution in [-0.4, -0.2) is 31.4 Å². The van der Waals surface area contributed by atoms with Crippen LogP contribution in [-0.2, 0) is 14.3 Å². The molecule has 1 fully saturated rings. The molecule has 1 N–H and O–H groups in total. The number of esters is 1. The molecule has 2 atom stereocenters. The molecular formula is C15H19NO3. The van der Waals surface area contributed by atoms with Crippen LogP contribution in [0.5, 0.6) is 0 Å². The van der Waals surface area contributed by atoms with Gasteiger partial charge in [0.2, 0.25) is 0 Å². The van der Waals surface area contributed by atoms with Gasteiger partial charge >= 0.3 is 5.97 Å². The Morgan fingerprint density at radius 2 is 2.00 bits per heavy atom. The first-order valence-electron chi connectivity index (χ1n) is 6.61. The number of carbonyl (C=O) groups excluding carboxylic acids is 2. The molecule has 2 unspecified atom stereocenters. The van der Waals surface area contributed by atoms with Crippen molar-refractivity contribution in [3.63, 3.8) is 0 Å². The lowest BCUT2D eigenvalue weighted by Crippen LogP contribution is -2.46. The van der Waals surface area contributed by atoms with E-state index in [1.165, 1.54) is 0 Å². The standard InChI is InChI=1S/C15H19NO3/c1-3-19-15(18)13-9-16-8-12(14(13)17)11-6-4-10(2)5-7-11/h4-7,12-13,16H,3,8-9H2,1-2H3. The molecule has 0 spiro atoms. The molecule has 4 nitrogen and oxygen atoms in total. The number of piperidine rings is 1. The maximum absolute atomic E-state index is 12.4. The average molecular weight is 261 g/mol. The predicted molar refractivity (Wildman–Crippen MR) is 71.9 cm³/mol. The van der Waals surface area contributed by atoms with Crippen LogP contribution in [0, 0.1) is 12.8 Å². The molecule has 0 amide bonds. The van der Waals surface area contributed by atoms with Gasteiger partial charge in [-0.05, 0) is 19.4 Å². The molecule has 1 aromatic rings. The lowest BCUT2D eigenvalue weighted by molar-refractivity contribution is -0.152. The lowest BCUT2D eigenvalue weighted by atomic mass is 9.84. The molecular weight excluding hydrogens is 242 g/mol. The Balaban J connectivity index is 2.16. The van der Waals surface area contributed by atoms with E-state index >= 15 is 0 Å². The fourth-order valence-electron chi connectivity index (χ4n) is 2.34. The van der Waals surface area contributed by atoms with Crippen molar-refractivity contribution in [3.05, 3.63) is 35.4 Å². The summed E-state index contributed by atoms with van der Waals surface area (Å²) in [5.74, 6) is -1.40. The molecule has 0 radical (unpaired) electrons. The van der Waals surface area contributed by atoms with Gasteiger partial charge in [-0.25, -0.2) is 0 Å². The third kappa shape index (κ3) is 3.01. The summed E-state index contributed by atoms with van der Waals surface area (Å²) < 4.78 is 4.96. The van der Waals surface area contributed by atoms with Gasteiger partial charge in [-0.3, -0.25) is 9.59 Å². The second-order valence-electron chi connectivity index (χ2n) is 4.83. The topological polar surface area (TPSA) is 55.4 Å². The number of hydrogen-bond donors (Lipinski definition) is 1. The summed E-state index contributed by atoms with van der Waals surface area (Å²) in [5, 5.41) is 3.15. The van der Waals surface area contributed by atoms with Crippen molar-refractivity contribution in [1.82, 2.24) is 5.32 Å². The van der Waals surface area contributed by atoms with Gasteiger partial charge in [0.05, 0.1) is 12.5 Å². The highest BCUT2D eigenvalue weighted by Gasteiger charge is 2.37. The summed E-state index contributed by atoms with van der Waals surface area (Å²) in [6.07, 6.45) is 0. The largest absolute Gasteiger partial charge is 0.465 e. The summed E-state index contributed by atoms with van der Waals surface area (Å²) in [4.78, 5) is 24.1. The highest BCUT2D eigenvalue weighted by atomic mass is 16.5. The van der Waals surface area contributed by atoms with Crippen LogP contribution in [0.25, 0.3) is 0 Å². The Hall–Kier alpha value is -1.68. The summed E-state index contributed by atoms with van der Waals surface area (Å²) in [6, 6.07) is 7.87. The van der Waals surface area contributed by atoms with E-state index in [0.717, 1.165) is 11.1 Å². The van der Waals surface area contributed by atoms with Crippen molar-refractivity contribution in [1.29, 1.82) is 0 Å². The van der Waals surface area contributed by atoms with Crippen molar-refractivity contribution in [2.24, 2.45) is 5.92 Å². The smallest absolute Gasteiger partial charge is 0.317 e. The first-order valence-corrected chi connectivity index (χ1v) is 6.61. The Morgan fingerprint density at radius 1 is 1.32 bits per heavy atom. The zero-order valence-corrected chi connectivity index (χ0v) is 11.3. The molecule has 1 saturated heterocycles. The van der Waals surface area contributed by atoms with Gasteiger partial charge in [0, 0.05) is 13.1 Å². The van der Waals surface area contributed by atoms with E-state index in [2.05, 4.69) is 5.32 Å². The van der Waals surface area contributed by atoms with E-state index in [0.29, 0.717) is 19.7 Å². The number of ether oxygens (including phenoxy) is 1. The van der Waals surface area contributed by atoms with Gasteiger partial charge in [-0.1, -0.05) is 29.8 Å². The van der Waals surface area contributed by atoms with Crippen LogP contribution in [0.1, 0.15) is 24.0 Å². The molecule has 0 aliphatic carbocycles. The molecule has 0 saturated carbocycles. The maximum Gasteiger partial charge on any atom is 0.317 e. The fourth-order valence-corrected chi connectivity index (χ4v) is 2.34. The van der Waals surface area contributed by atoms with Crippen LogP contribution in [0.15, 0.2) is 24.3 Å². The number of carbonyl (C=O) groups is 2. The summed E-state index contributed by atoms with van der Waals surface area (Å²) in [7, 11) is 0. The zero-order chi connectivity index (χ0) is 13.8. The van der Waals surface area contributed by atoms with Crippen LogP contribution in [0.4, 0.5) is 0 Å². The normalized spacial score (nSPS) is 23.2. The Bertz CT molecular complexity index is 467. The highest BCUT2D eigenvalue weighted by molar-refractivity contribution is 6.03. The molecule has 2 rings (SSSR count). The van der Waals surface area contributed by atoms with Crippen molar-refractivity contribution in [2.75, 3.05) is 19.7 Å². The fraction of sp³-hybridized carbons (Fsp3) is 0.467. The van der Waals surface area contributed by atoms with Crippen molar-refractivity contribution in [3.8, 4) is 0 Å². The van der Waals surface area contributed by atoms with E-state index < -0.39 is 11.9 Å². The molecule has 0 aromatic heterocycles. The number of hydrogen-bond acceptors (Lipinski definition) is 4. The van der Waals surface area contributed by atoms with Crippen LogP contribution < -0.4 is 5.32 Å². The number of rotatable bonds is 3. The van der Waals surface area contributed by atoms with Gasteiger partial charge in [0.1, 0.15) is 5.92 Å². The zero-order valence-electron chi connectivity index (χ0n) is 11.3. The first kappa shape index (κ1) is 13.7. The Kier molecular flexibility index (Phi) is 4.32. The number of Topliss-reactive ketones (excluding diaryl/α,β-unsaturated/α-hetero) is 1. The molecule has 0 bridgehead atoms. The minimum absolute atomic E-state index is 0.0407. The molecule has 1 aromatic carbocycles. The Morgan fingerprint density at radius 3 is 2.63 bits per heavy atom. The van der Waals surface area contributed by atoms with Gasteiger partial charge in [-0.2, -0.15) is 0 Å². The van der Waals surface area contributed by atoms with Gasteiger partial charge < -0.3 is 10.1 Å². The molecule has 4 heteroatoms. The second-order valence-corrected chi connectivity index (χ2v) is 4.83. The van der Waals surface area contributed by atoms with Crippen molar-refractivity contribution >= 4 is 11.8 Å². The van der Waals surface area contributed by atoms with E-state index in [1.807, 2.05) is 31.2 Å². The average Bonchev–Trinajstić information content (AvgIpc) is 2.40. The molecule has 1 heterocycles. The number of benzene rings is 1. The SMILES string of the molecule is CCOC(=O)C1CNCC(c2ccc(C)cc2)C1=O. The predicted octanol–water partition coefficient (Wildman–Crippen LogP) is 1.43. The summed E-state index contributed by atoms with van der Waals surface area (Å²) in [6.45, 7) is 5.01. The molecule has 1 aliphatic heterocycles. The van der Waals surface area contributed by atoms with E-state index in [9.17, 15) is 9.59 Å². The molecule has 1 aliphatic rings. The van der Waals surface area contributed by atoms with Crippen LogP contribution >= 0.6 is 0 Å². The minimum atomic E-state index is -0.681. The van der Waals surface area contributed by atoms with Gasteiger partial charge in [-0.15, -0.1) is 0 Å². The molecule has 102 valence electrons. The highest BCUT2D eigenvalue weighted by Crippen LogP contribution is 2.24. The van der Waals surface area contributed by atoms with E-state index in [-0.39, 0.29) is 11.7 Å². The van der Waals surface area contributed by atoms with Gasteiger partial charge in [0.25, 0.3) is 0 Å². The maximum atomic E-state index is 12.4. The minimum Gasteiger partial charge on any atom is -0.465 e. The molecule has 19 heavy (non-hydrogen) atoms. The number of aryl methyl sites for hydroxylation is 1. The number of ketones is 1. The van der Waals surface area contributed by atoms with Crippen molar-refractivity contribution < 1.29 is 14.3 Å². The van der Waals surface area contributed by atoms with Crippen LogP contribution in [0.2, 0.25) is 0 Å². The lowest BCUT2D eigenvalue weighted by Gasteiger charge is -2.27. The quantitative estimate of drug-likeness (QED) is 0.660. The van der Waals surface area contributed by atoms with Gasteiger partial charge in [0.15, 0.2) is 5.78 Å². The summed E-state index contributed by atoms with van der Waals surface area (Å²) in [5.41, 5.74) is 2.11. The monoisotopic (exact) mass is 261 g/mol. The first-order chi connectivity index (χ1) is 9.13. The van der Waals surface area contributed by atoms with E-state index in [1.54, 1.807) is 6.92 Å². The Labute approximate surface area is 113 Å². The van der Waals surface area contributed by atoms with E-state index in [4.69, 9.17) is 4.74 Å². The van der Waals surface area contributed by atoms with Crippen LogP contribution in [0.3, 0.4) is 0 Å². The third-order valence-electron chi connectivity index (χ3n) is 3.43.